The van der Waals surface area contributed by atoms with Gasteiger partial charge in [-0.25, -0.2) is 0 Å². The first-order chi connectivity index (χ1) is 9.08. The third-order valence-electron chi connectivity index (χ3n) is 4.21. The lowest BCUT2D eigenvalue weighted by molar-refractivity contribution is -0.130. The Labute approximate surface area is 114 Å². The first-order valence-corrected chi connectivity index (χ1v) is 7.41. The molecular formula is C14H25N3O2. The number of nitrogens with two attached hydrogens (primary N) is 1. The molecule has 2 aliphatic rings. The van der Waals surface area contributed by atoms with Crippen LogP contribution >= 0.6 is 0 Å². The molecule has 19 heavy (non-hydrogen) atoms. The Hall–Kier alpha value is -1.10. The van der Waals surface area contributed by atoms with Crippen molar-refractivity contribution in [2.45, 2.75) is 57.5 Å². The summed E-state index contributed by atoms with van der Waals surface area (Å²) in [6.07, 6.45) is 5.63. The third kappa shape index (κ3) is 3.69. The molecule has 1 saturated heterocycles. The highest BCUT2D eigenvalue weighted by Crippen LogP contribution is 2.23. The lowest BCUT2D eigenvalue weighted by atomic mass is 9.84. The van der Waals surface area contributed by atoms with Crippen LogP contribution in [0.3, 0.4) is 0 Å². The van der Waals surface area contributed by atoms with E-state index in [4.69, 9.17) is 5.73 Å². The summed E-state index contributed by atoms with van der Waals surface area (Å²) in [5, 5.41) is 3.01. The number of rotatable bonds is 4. The summed E-state index contributed by atoms with van der Waals surface area (Å²) in [7, 11) is 0. The summed E-state index contributed by atoms with van der Waals surface area (Å²) in [6.45, 7) is 3.40. The van der Waals surface area contributed by atoms with Crippen LogP contribution in [-0.4, -0.2) is 41.9 Å². The van der Waals surface area contributed by atoms with Crippen molar-refractivity contribution in [1.29, 1.82) is 0 Å². The van der Waals surface area contributed by atoms with Crippen LogP contribution in [0.25, 0.3) is 0 Å². The maximum absolute atomic E-state index is 12.2. The van der Waals surface area contributed by atoms with Gasteiger partial charge in [0.25, 0.3) is 0 Å². The van der Waals surface area contributed by atoms with E-state index in [0.29, 0.717) is 13.0 Å². The van der Waals surface area contributed by atoms with Gasteiger partial charge in [0.15, 0.2) is 0 Å². The smallest absolute Gasteiger partial charge is 0.224 e. The van der Waals surface area contributed by atoms with E-state index in [2.05, 4.69) is 5.32 Å². The number of nitrogens with one attached hydrogen (secondary N) is 1. The van der Waals surface area contributed by atoms with Gasteiger partial charge in [0.2, 0.25) is 11.8 Å². The maximum Gasteiger partial charge on any atom is 0.224 e. The van der Waals surface area contributed by atoms with Crippen molar-refractivity contribution in [2.24, 2.45) is 11.7 Å². The van der Waals surface area contributed by atoms with Gasteiger partial charge in [-0.05, 0) is 26.2 Å². The third-order valence-corrected chi connectivity index (χ3v) is 4.21. The molecule has 3 N–H and O–H groups in total. The largest absolute Gasteiger partial charge is 0.352 e. The number of carbonyl (C=O) groups is 2. The molecule has 5 nitrogen and oxygen atoms in total. The van der Waals surface area contributed by atoms with Gasteiger partial charge in [-0.3, -0.25) is 9.59 Å². The van der Waals surface area contributed by atoms with Crippen LogP contribution in [0.2, 0.25) is 0 Å². The van der Waals surface area contributed by atoms with Gasteiger partial charge < -0.3 is 16.0 Å². The van der Waals surface area contributed by atoms with Crippen molar-refractivity contribution in [1.82, 2.24) is 10.2 Å². The fourth-order valence-electron chi connectivity index (χ4n) is 3.11. The van der Waals surface area contributed by atoms with Crippen molar-refractivity contribution in [2.75, 3.05) is 13.1 Å². The van der Waals surface area contributed by atoms with E-state index in [0.717, 1.165) is 38.6 Å². The topological polar surface area (TPSA) is 75.4 Å². The van der Waals surface area contributed by atoms with Crippen LogP contribution in [0.4, 0.5) is 0 Å². The molecule has 0 bridgehead atoms. The summed E-state index contributed by atoms with van der Waals surface area (Å²) < 4.78 is 0. The second-order valence-corrected chi connectivity index (χ2v) is 5.91. The molecule has 0 aromatic rings. The quantitative estimate of drug-likeness (QED) is 0.784. The standard InChI is InChI=1S/C14H25N3O2/c1-10(9-17-8-4-7-13(17)18)16-14(19)11-5-2-3-6-12(11)15/h10-12H,2-9,15H2,1H3,(H,16,19). The monoisotopic (exact) mass is 267 g/mol. The SMILES string of the molecule is CC(CN1CCCC1=O)NC(=O)C1CCCCC1N. The van der Waals surface area contributed by atoms with E-state index in [1.807, 2.05) is 11.8 Å². The molecule has 2 amide bonds. The van der Waals surface area contributed by atoms with E-state index in [-0.39, 0.29) is 29.8 Å². The van der Waals surface area contributed by atoms with Crippen molar-refractivity contribution in [3.05, 3.63) is 0 Å². The highest BCUT2D eigenvalue weighted by Gasteiger charge is 2.29. The first kappa shape index (κ1) is 14.3. The molecule has 1 heterocycles. The van der Waals surface area contributed by atoms with Crippen molar-refractivity contribution >= 4 is 11.8 Å². The van der Waals surface area contributed by atoms with Gasteiger partial charge in [0, 0.05) is 31.6 Å². The molecular weight excluding hydrogens is 242 g/mol. The summed E-state index contributed by atoms with van der Waals surface area (Å²) in [5.41, 5.74) is 6.02. The fourth-order valence-corrected chi connectivity index (χ4v) is 3.11. The van der Waals surface area contributed by atoms with Crippen LogP contribution in [0.1, 0.15) is 45.4 Å². The van der Waals surface area contributed by atoms with E-state index >= 15 is 0 Å². The van der Waals surface area contributed by atoms with Gasteiger partial charge >= 0.3 is 0 Å². The van der Waals surface area contributed by atoms with Gasteiger partial charge in [-0.2, -0.15) is 0 Å². The minimum atomic E-state index is -0.0505. The van der Waals surface area contributed by atoms with Crippen molar-refractivity contribution in [3.8, 4) is 0 Å². The lowest BCUT2D eigenvalue weighted by Gasteiger charge is -2.29. The zero-order valence-corrected chi connectivity index (χ0v) is 11.7. The molecule has 0 aromatic carbocycles. The highest BCUT2D eigenvalue weighted by atomic mass is 16.2. The Morgan fingerprint density at radius 2 is 2.16 bits per heavy atom. The summed E-state index contributed by atoms with van der Waals surface area (Å²) in [5.74, 6) is 0.215. The molecule has 5 heteroatoms. The van der Waals surface area contributed by atoms with E-state index in [1.54, 1.807) is 0 Å². The Morgan fingerprint density at radius 1 is 1.42 bits per heavy atom. The Kier molecular flexibility index (Phi) is 4.80. The summed E-state index contributed by atoms with van der Waals surface area (Å²) in [4.78, 5) is 25.6. The number of amides is 2. The molecule has 3 atom stereocenters. The van der Waals surface area contributed by atoms with Gasteiger partial charge in [0.1, 0.15) is 0 Å². The van der Waals surface area contributed by atoms with Crippen molar-refractivity contribution < 1.29 is 9.59 Å². The minimum Gasteiger partial charge on any atom is -0.352 e. The second-order valence-electron chi connectivity index (χ2n) is 5.91. The van der Waals surface area contributed by atoms with Crippen LogP contribution in [0.5, 0.6) is 0 Å². The molecule has 0 spiro atoms. The van der Waals surface area contributed by atoms with Gasteiger partial charge in [0.05, 0.1) is 5.92 Å². The number of carbonyl (C=O) groups excluding carboxylic acids is 2. The van der Waals surface area contributed by atoms with Crippen LogP contribution in [0, 0.1) is 5.92 Å². The van der Waals surface area contributed by atoms with Crippen LogP contribution < -0.4 is 11.1 Å². The normalized spacial score (nSPS) is 29.4. The zero-order chi connectivity index (χ0) is 13.8. The Morgan fingerprint density at radius 3 is 2.79 bits per heavy atom. The molecule has 108 valence electrons. The summed E-state index contributed by atoms with van der Waals surface area (Å²) >= 11 is 0. The van der Waals surface area contributed by atoms with E-state index in [9.17, 15) is 9.59 Å². The number of nitrogens with zero attached hydrogens (tertiary/aromatic N) is 1. The predicted molar refractivity (Wildman–Crippen MR) is 73.4 cm³/mol. The predicted octanol–water partition coefficient (Wildman–Crippen LogP) is 0.631. The van der Waals surface area contributed by atoms with Gasteiger partial charge in [-0.15, -0.1) is 0 Å². The van der Waals surface area contributed by atoms with E-state index < -0.39 is 0 Å². The molecule has 2 rings (SSSR count). The zero-order valence-electron chi connectivity index (χ0n) is 11.7. The summed E-state index contributed by atoms with van der Waals surface area (Å²) in [6, 6.07) is -0.00181. The molecule has 1 aliphatic heterocycles. The molecule has 1 aliphatic carbocycles. The number of likely N-dealkylation sites (tertiary alicyclic amines) is 1. The van der Waals surface area contributed by atoms with Crippen molar-refractivity contribution in [3.63, 3.8) is 0 Å². The van der Waals surface area contributed by atoms with Crippen LogP contribution in [0.15, 0.2) is 0 Å². The molecule has 0 radical (unpaired) electrons. The lowest BCUT2D eigenvalue weighted by Crippen LogP contribution is -2.49. The Balaban J connectivity index is 1.79. The Bertz CT molecular complexity index is 346. The van der Waals surface area contributed by atoms with Crippen LogP contribution in [-0.2, 0) is 9.59 Å². The van der Waals surface area contributed by atoms with E-state index in [1.165, 1.54) is 0 Å². The average Bonchev–Trinajstić information content (AvgIpc) is 2.75. The average molecular weight is 267 g/mol. The molecule has 1 saturated carbocycles. The molecule has 0 aromatic heterocycles. The molecule has 3 unspecified atom stereocenters. The fraction of sp³-hybridized carbons (Fsp3) is 0.857. The second kappa shape index (κ2) is 6.37. The number of hydrogen-bond donors (Lipinski definition) is 2. The highest BCUT2D eigenvalue weighted by molar-refractivity contribution is 5.80. The number of hydrogen-bond acceptors (Lipinski definition) is 3. The first-order valence-electron chi connectivity index (χ1n) is 7.41. The van der Waals surface area contributed by atoms with Gasteiger partial charge in [-0.1, -0.05) is 12.8 Å². The maximum atomic E-state index is 12.2. The molecule has 2 fully saturated rings. The minimum absolute atomic E-state index is 0.00340.